The molecule has 0 fully saturated rings. The lowest BCUT2D eigenvalue weighted by Crippen LogP contribution is -2.30. The fourth-order valence-corrected chi connectivity index (χ4v) is 3.53. The molecule has 0 aliphatic carbocycles. The molecule has 4 rings (SSSR count). The molecule has 0 unspecified atom stereocenters. The summed E-state index contributed by atoms with van der Waals surface area (Å²) in [4.78, 5) is 0. The zero-order valence-electron chi connectivity index (χ0n) is 15.2. The summed E-state index contributed by atoms with van der Waals surface area (Å²) in [6.07, 6.45) is 0. The van der Waals surface area contributed by atoms with Gasteiger partial charge in [0.2, 0.25) is 0 Å². The second-order valence-corrected chi connectivity index (χ2v) is 6.58. The van der Waals surface area contributed by atoms with E-state index in [0.717, 1.165) is 27.8 Å². The highest BCUT2D eigenvalue weighted by Crippen LogP contribution is 2.43. The lowest BCUT2D eigenvalue weighted by Gasteiger charge is -2.20. The molecule has 0 aromatic heterocycles. The molecule has 4 heteroatoms. The van der Waals surface area contributed by atoms with Gasteiger partial charge in [0.25, 0.3) is 0 Å². The first-order valence-corrected chi connectivity index (χ1v) is 9.09. The Balaban J connectivity index is 2.15. The van der Waals surface area contributed by atoms with Crippen LogP contribution >= 0.6 is 0 Å². The maximum absolute atomic E-state index is 11.0. The maximum Gasteiger partial charge on any atom is 0.492 e. The summed E-state index contributed by atoms with van der Waals surface area (Å²) in [6, 6.07) is 30.8. The summed E-state index contributed by atoms with van der Waals surface area (Å²) in [5.74, 6) is -0.125. The lowest BCUT2D eigenvalue weighted by atomic mass is 9.73. The summed E-state index contributed by atoms with van der Waals surface area (Å²) < 4.78 is 0. The molecule has 28 heavy (non-hydrogen) atoms. The van der Waals surface area contributed by atoms with Gasteiger partial charge in [0.15, 0.2) is 0 Å². The van der Waals surface area contributed by atoms with Crippen LogP contribution < -0.4 is 5.46 Å². The van der Waals surface area contributed by atoms with Crippen molar-refractivity contribution < 1.29 is 15.2 Å². The van der Waals surface area contributed by atoms with Gasteiger partial charge in [-0.2, -0.15) is 0 Å². The Bertz CT molecular complexity index is 1080. The third kappa shape index (κ3) is 3.31. The minimum absolute atomic E-state index is 0.0809. The Morgan fingerprint density at radius 3 is 1.43 bits per heavy atom. The third-order valence-corrected chi connectivity index (χ3v) is 4.82. The SMILES string of the molecule is OB(O)c1cc(-c2ccccc2)c(-c2ccccc2)c(-c2ccccc2)c1O. The van der Waals surface area contributed by atoms with Gasteiger partial charge < -0.3 is 15.2 Å². The van der Waals surface area contributed by atoms with Gasteiger partial charge in [0.1, 0.15) is 5.75 Å². The van der Waals surface area contributed by atoms with Gasteiger partial charge in [-0.1, -0.05) is 97.1 Å². The van der Waals surface area contributed by atoms with Gasteiger partial charge in [0.05, 0.1) is 0 Å². The van der Waals surface area contributed by atoms with Crippen molar-refractivity contribution in [2.75, 3.05) is 0 Å². The van der Waals surface area contributed by atoms with Crippen LogP contribution in [-0.4, -0.2) is 22.3 Å². The smallest absolute Gasteiger partial charge is 0.492 e. The molecular formula is C24H19BO3. The second kappa shape index (κ2) is 7.73. The van der Waals surface area contributed by atoms with Crippen molar-refractivity contribution in [2.24, 2.45) is 0 Å². The molecule has 0 radical (unpaired) electrons. The molecular weight excluding hydrogens is 347 g/mol. The van der Waals surface area contributed by atoms with Gasteiger partial charge >= 0.3 is 7.12 Å². The van der Waals surface area contributed by atoms with Crippen molar-refractivity contribution in [1.29, 1.82) is 0 Å². The Hall–Kier alpha value is -3.34. The molecule has 3 N–H and O–H groups in total. The van der Waals surface area contributed by atoms with E-state index in [0.29, 0.717) is 5.56 Å². The first kappa shape index (κ1) is 18.0. The zero-order valence-corrected chi connectivity index (χ0v) is 15.2. The number of hydrogen-bond donors (Lipinski definition) is 3. The Morgan fingerprint density at radius 1 is 0.536 bits per heavy atom. The van der Waals surface area contributed by atoms with Gasteiger partial charge in [-0.3, -0.25) is 0 Å². The van der Waals surface area contributed by atoms with Crippen LogP contribution in [0.15, 0.2) is 97.1 Å². The molecule has 0 amide bonds. The van der Waals surface area contributed by atoms with Gasteiger partial charge in [-0.05, 0) is 22.3 Å². The minimum Gasteiger partial charge on any atom is -0.508 e. The molecule has 0 saturated heterocycles. The van der Waals surface area contributed by atoms with Crippen LogP contribution in [0.2, 0.25) is 0 Å². The molecule has 4 aromatic rings. The lowest BCUT2D eigenvalue weighted by molar-refractivity contribution is 0.420. The number of rotatable bonds is 4. The summed E-state index contributed by atoms with van der Waals surface area (Å²) >= 11 is 0. The van der Waals surface area contributed by atoms with Crippen LogP contribution in [0.1, 0.15) is 0 Å². The van der Waals surface area contributed by atoms with Gasteiger partial charge in [-0.15, -0.1) is 0 Å². The summed E-state index contributed by atoms with van der Waals surface area (Å²) in [5.41, 5.74) is 5.01. The van der Waals surface area contributed by atoms with Crippen LogP contribution in [0.25, 0.3) is 33.4 Å². The van der Waals surface area contributed by atoms with Crippen LogP contribution in [-0.2, 0) is 0 Å². The summed E-state index contributed by atoms with van der Waals surface area (Å²) in [5, 5.41) is 30.8. The molecule has 0 bridgehead atoms. The molecule has 0 heterocycles. The first-order chi connectivity index (χ1) is 13.7. The van der Waals surface area contributed by atoms with E-state index in [1.54, 1.807) is 6.07 Å². The summed E-state index contributed by atoms with van der Waals surface area (Å²) in [7, 11) is -1.78. The molecule has 0 atom stereocenters. The Kier molecular flexibility index (Phi) is 4.98. The van der Waals surface area contributed by atoms with Crippen LogP contribution in [0, 0.1) is 0 Å². The Morgan fingerprint density at radius 2 is 0.964 bits per heavy atom. The van der Waals surface area contributed by atoms with E-state index >= 15 is 0 Å². The molecule has 0 aliphatic heterocycles. The zero-order chi connectivity index (χ0) is 19.5. The van der Waals surface area contributed by atoms with Crippen LogP contribution in [0.3, 0.4) is 0 Å². The third-order valence-electron chi connectivity index (χ3n) is 4.82. The van der Waals surface area contributed by atoms with Crippen molar-refractivity contribution in [3.05, 3.63) is 97.1 Å². The number of hydrogen-bond acceptors (Lipinski definition) is 3. The second-order valence-electron chi connectivity index (χ2n) is 6.58. The highest BCUT2D eigenvalue weighted by molar-refractivity contribution is 6.60. The number of benzene rings is 4. The maximum atomic E-state index is 11.0. The standard InChI is InChI=1S/C24H19BO3/c26-24-21(25(27)28)16-20(17-10-4-1-5-11-17)22(18-12-6-2-7-13-18)23(24)19-14-8-3-9-15-19/h1-16,26-28H. The van der Waals surface area contributed by atoms with E-state index in [1.807, 2.05) is 91.0 Å². The normalized spacial score (nSPS) is 10.6. The molecule has 4 aromatic carbocycles. The number of phenolic OH excluding ortho intramolecular Hbond substituents is 1. The number of aromatic hydroxyl groups is 1. The van der Waals surface area contributed by atoms with Crippen LogP contribution in [0.5, 0.6) is 5.75 Å². The molecule has 0 spiro atoms. The van der Waals surface area contributed by atoms with E-state index in [2.05, 4.69) is 0 Å². The van der Waals surface area contributed by atoms with E-state index in [1.165, 1.54) is 0 Å². The highest BCUT2D eigenvalue weighted by Gasteiger charge is 2.26. The predicted octanol–water partition coefficient (Wildman–Crippen LogP) is 4.07. The quantitative estimate of drug-likeness (QED) is 0.477. The molecule has 3 nitrogen and oxygen atoms in total. The highest BCUT2D eigenvalue weighted by atomic mass is 16.4. The topological polar surface area (TPSA) is 60.7 Å². The van der Waals surface area contributed by atoms with Gasteiger partial charge in [-0.25, -0.2) is 0 Å². The number of phenols is 1. The Labute approximate surface area is 164 Å². The molecule has 0 aliphatic rings. The van der Waals surface area contributed by atoms with Gasteiger partial charge in [0, 0.05) is 16.6 Å². The van der Waals surface area contributed by atoms with E-state index in [9.17, 15) is 15.2 Å². The van der Waals surface area contributed by atoms with E-state index < -0.39 is 7.12 Å². The van der Waals surface area contributed by atoms with E-state index in [-0.39, 0.29) is 11.2 Å². The van der Waals surface area contributed by atoms with Crippen molar-refractivity contribution in [3.63, 3.8) is 0 Å². The average molecular weight is 366 g/mol. The molecule has 0 saturated carbocycles. The summed E-state index contributed by atoms with van der Waals surface area (Å²) in [6.45, 7) is 0. The van der Waals surface area contributed by atoms with Crippen molar-refractivity contribution in [2.45, 2.75) is 0 Å². The van der Waals surface area contributed by atoms with Crippen molar-refractivity contribution >= 4 is 12.6 Å². The van der Waals surface area contributed by atoms with E-state index in [4.69, 9.17) is 0 Å². The van der Waals surface area contributed by atoms with Crippen LogP contribution in [0.4, 0.5) is 0 Å². The predicted molar refractivity (Wildman–Crippen MR) is 114 cm³/mol. The largest absolute Gasteiger partial charge is 0.508 e. The minimum atomic E-state index is -1.78. The molecule has 136 valence electrons. The fourth-order valence-electron chi connectivity index (χ4n) is 3.53. The fraction of sp³-hybridized carbons (Fsp3) is 0. The van der Waals surface area contributed by atoms with Crippen molar-refractivity contribution in [3.8, 4) is 39.1 Å². The first-order valence-electron chi connectivity index (χ1n) is 9.09. The monoisotopic (exact) mass is 366 g/mol. The average Bonchev–Trinajstić information content (AvgIpc) is 2.75. The van der Waals surface area contributed by atoms with Crippen molar-refractivity contribution in [1.82, 2.24) is 0 Å².